The maximum atomic E-state index is 13.6. The van der Waals surface area contributed by atoms with Crippen LogP contribution in [0.15, 0.2) is 40.8 Å². The van der Waals surface area contributed by atoms with Gasteiger partial charge >= 0.3 is 5.97 Å². The van der Waals surface area contributed by atoms with Crippen molar-refractivity contribution in [3.05, 3.63) is 53.3 Å². The number of fused-ring (bicyclic) bond motifs is 1. The van der Waals surface area contributed by atoms with Crippen LogP contribution in [0.4, 0.5) is 10.1 Å². The second kappa shape index (κ2) is 9.34. The summed E-state index contributed by atoms with van der Waals surface area (Å²) in [5, 5.41) is 10.00. The van der Waals surface area contributed by atoms with E-state index in [9.17, 15) is 32.3 Å². The number of carboxylic acids is 1. The minimum absolute atomic E-state index is 0.0521. The molecule has 0 radical (unpaired) electrons. The summed E-state index contributed by atoms with van der Waals surface area (Å²) in [6, 6.07) is 8.87. The van der Waals surface area contributed by atoms with E-state index in [2.05, 4.69) is 0 Å². The lowest BCUT2D eigenvalue weighted by Gasteiger charge is -2.25. The molecule has 0 amide bonds. The molecule has 0 saturated heterocycles. The maximum absolute atomic E-state index is 13.6. The molecule has 0 bridgehead atoms. The standard InChI is InChI=1S/C28H28FNO7S/c1-3-23(32)25-21-12-20(16-4-5-16)22(13-24(21)37-26(25)17-6-8-18(29)9-7-17)30(38(2,35)36)15-19(31)14-28(10-11-28)27(33)34/h6-9,12-13,16H,3-5,10-11,14-15H2,1-2H3,(H,33,34). The first-order valence-corrected chi connectivity index (χ1v) is 14.4. The van der Waals surface area contributed by atoms with Crippen molar-refractivity contribution in [1.82, 2.24) is 0 Å². The molecule has 1 N–H and O–H groups in total. The number of carbonyl (C=O) groups is 3. The summed E-state index contributed by atoms with van der Waals surface area (Å²) in [5.74, 6) is -1.81. The molecule has 10 heteroatoms. The van der Waals surface area contributed by atoms with E-state index in [1.165, 1.54) is 24.3 Å². The van der Waals surface area contributed by atoms with Crippen molar-refractivity contribution in [2.45, 2.75) is 51.4 Å². The van der Waals surface area contributed by atoms with E-state index < -0.39 is 39.6 Å². The zero-order valence-corrected chi connectivity index (χ0v) is 21.9. The highest BCUT2D eigenvalue weighted by Crippen LogP contribution is 2.50. The Kier molecular flexibility index (Phi) is 6.41. The Morgan fingerprint density at radius 1 is 1.13 bits per heavy atom. The molecular formula is C28H28FNO7S. The van der Waals surface area contributed by atoms with Gasteiger partial charge in [0.1, 0.15) is 17.2 Å². The van der Waals surface area contributed by atoms with E-state index in [1.807, 2.05) is 0 Å². The van der Waals surface area contributed by atoms with Crippen LogP contribution in [0.3, 0.4) is 0 Å². The van der Waals surface area contributed by atoms with Crippen LogP contribution in [-0.2, 0) is 19.6 Å². The van der Waals surface area contributed by atoms with E-state index in [0.717, 1.165) is 23.4 Å². The van der Waals surface area contributed by atoms with Gasteiger partial charge in [-0.2, -0.15) is 0 Å². The second-order valence-corrected chi connectivity index (χ2v) is 12.2. The monoisotopic (exact) mass is 541 g/mol. The number of halogens is 1. The smallest absolute Gasteiger partial charge is 0.310 e. The lowest BCUT2D eigenvalue weighted by atomic mass is 9.97. The first-order chi connectivity index (χ1) is 17.9. The first-order valence-electron chi connectivity index (χ1n) is 12.6. The highest BCUT2D eigenvalue weighted by Gasteiger charge is 2.51. The molecule has 200 valence electrons. The van der Waals surface area contributed by atoms with Gasteiger partial charge in [0, 0.05) is 29.9 Å². The predicted octanol–water partition coefficient (Wildman–Crippen LogP) is 5.30. The number of hydrogen-bond donors (Lipinski definition) is 1. The van der Waals surface area contributed by atoms with Gasteiger partial charge in [0.15, 0.2) is 11.6 Å². The average Bonchev–Trinajstić information content (AvgIpc) is 3.79. The summed E-state index contributed by atoms with van der Waals surface area (Å²) in [6.45, 7) is 1.23. The third-order valence-corrected chi connectivity index (χ3v) is 8.52. The summed E-state index contributed by atoms with van der Waals surface area (Å²) < 4.78 is 46.6. The number of carbonyl (C=O) groups excluding carboxylic acids is 2. The third-order valence-electron chi connectivity index (χ3n) is 7.39. The van der Waals surface area contributed by atoms with E-state index in [1.54, 1.807) is 19.1 Å². The van der Waals surface area contributed by atoms with Gasteiger partial charge in [0.2, 0.25) is 10.0 Å². The molecule has 0 unspecified atom stereocenters. The summed E-state index contributed by atoms with van der Waals surface area (Å²) in [7, 11) is -3.93. The van der Waals surface area contributed by atoms with Gasteiger partial charge < -0.3 is 9.52 Å². The Bertz CT molecular complexity index is 1560. The van der Waals surface area contributed by atoms with Crippen molar-refractivity contribution in [3.63, 3.8) is 0 Å². The minimum atomic E-state index is -3.93. The average molecular weight is 542 g/mol. The number of rotatable bonds is 11. The van der Waals surface area contributed by atoms with Crippen molar-refractivity contribution in [2.24, 2.45) is 5.41 Å². The van der Waals surface area contributed by atoms with Gasteiger partial charge in [-0.1, -0.05) is 6.92 Å². The molecule has 2 aromatic carbocycles. The number of nitrogens with zero attached hydrogens (tertiary/aromatic N) is 1. The second-order valence-electron chi connectivity index (χ2n) is 10.3. The normalized spacial score (nSPS) is 16.4. The summed E-state index contributed by atoms with van der Waals surface area (Å²) in [6.07, 6.45) is 3.40. The fraction of sp³-hybridized carbons (Fsp3) is 0.393. The summed E-state index contributed by atoms with van der Waals surface area (Å²) in [5.41, 5.74) is 0.988. The molecule has 2 aliphatic rings. The van der Waals surface area contributed by atoms with Crippen LogP contribution in [0.2, 0.25) is 0 Å². The van der Waals surface area contributed by atoms with Crippen molar-refractivity contribution < 1.29 is 36.7 Å². The summed E-state index contributed by atoms with van der Waals surface area (Å²) >= 11 is 0. The third kappa shape index (κ3) is 4.84. The van der Waals surface area contributed by atoms with E-state index >= 15 is 0 Å². The number of ketones is 2. The zero-order chi connectivity index (χ0) is 27.4. The topological polar surface area (TPSA) is 122 Å². The van der Waals surface area contributed by atoms with Gasteiger partial charge in [0.05, 0.1) is 29.5 Å². The Morgan fingerprint density at radius 3 is 2.32 bits per heavy atom. The largest absolute Gasteiger partial charge is 0.481 e. The van der Waals surface area contributed by atoms with Gasteiger partial charge in [-0.25, -0.2) is 12.8 Å². The maximum Gasteiger partial charge on any atom is 0.310 e. The van der Waals surface area contributed by atoms with E-state index in [0.29, 0.717) is 34.9 Å². The molecule has 0 aliphatic heterocycles. The molecule has 2 fully saturated rings. The van der Waals surface area contributed by atoms with Gasteiger partial charge in [-0.15, -0.1) is 0 Å². The number of Topliss-reactive ketones (excluding diaryl/α,β-unsaturated/α-hetero) is 2. The lowest BCUT2D eigenvalue weighted by Crippen LogP contribution is -2.37. The molecule has 0 atom stereocenters. The Morgan fingerprint density at radius 2 is 1.79 bits per heavy atom. The van der Waals surface area contributed by atoms with Crippen LogP contribution >= 0.6 is 0 Å². The van der Waals surface area contributed by atoms with Crippen molar-refractivity contribution in [3.8, 4) is 11.3 Å². The molecule has 3 aromatic rings. The van der Waals surface area contributed by atoms with Crippen LogP contribution in [0.25, 0.3) is 22.3 Å². The fourth-order valence-corrected chi connectivity index (χ4v) is 5.83. The molecular weight excluding hydrogens is 513 g/mol. The highest BCUT2D eigenvalue weighted by atomic mass is 32.2. The Hall–Kier alpha value is -3.53. The SMILES string of the molecule is CCC(=O)c1c(-c2ccc(F)cc2)oc2cc(N(CC(=O)CC3(C(=O)O)CC3)S(C)(=O)=O)c(C3CC3)cc12. The molecule has 5 rings (SSSR count). The van der Waals surface area contributed by atoms with Gasteiger partial charge in [-0.3, -0.25) is 18.7 Å². The number of furan rings is 1. The highest BCUT2D eigenvalue weighted by molar-refractivity contribution is 7.92. The quantitative estimate of drug-likeness (QED) is 0.327. The minimum Gasteiger partial charge on any atom is -0.481 e. The summed E-state index contributed by atoms with van der Waals surface area (Å²) in [4.78, 5) is 37.5. The molecule has 1 heterocycles. The molecule has 38 heavy (non-hydrogen) atoms. The number of anilines is 1. The van der Waals surface area contributed by atoms with Crippen molar-refractivity contribution >= 4 is 44.2 Å². The predicted molar refractivity (Wildman–Crippen MR) is 139 cm³/mol. The number of sulfonamides is 1. The number of hydrogen-bond acceptors (Lipinski definition) is 6. The van der Waals surface area contributed by atoms with Crippen LogP contribution in [0.1, 0.15) is 67.3 Å². The number of carboxylic acid groups (broad SMARTS) is 1. The van der Waals surface area contributed by atoms with Crippen molar-refractivity contribution in [1.29, 1.82) is 0 Å². The Labute approximate surface area is 219 Å². The number of benzene rings is 2. The molecule has 2 aliphatic carbocycles. The van der Waals surface area contributed by atoms with Crippen molar-refractivity contribution in [2.75, 3.05) is 17.1 Å². The Balaban J connectivity index is 1.64. The first kappa shape index (κ1) is 26.1. The fourth-order valence-electron chi connectivity index (χ4n) is 4.94. The molecule has 2 saturated carbocycles. The molecule has 0 spiro atoms. The molecule has 1 aromatic heterocycles. The van der Waals surface area contributed by atoms with E-state index in [-0.39, 0.29) is 41.6 Å². The zero-order valence-electron chi connectivity index (χ0n) is 21.1. The van der Waals surface area contributed by atoms with E-state index in [4.69, 9.17) is 4.42 Å². The van der Waals surface area contributed by atoms with Crippen LogP contribution < -0.4 is 4.31 Å². The van der Waals surface area contributed by atoms with Crippen LogP contribution in [-0.4, -0.2) is 43.9 Å². The van der Waals surface area contributed by atoms with Crippen LogP contribution in [0, 0.1) is 11.2 Å². The lowest BCUT2D eigenvalue weighted by molar-refractivity contribution is -0.145. The number of aliphatic carboxylic acids is 1. The van der Waals surface area contributed by atoms with Crippen LogP contribution in [0.5, 0.6) is 0 Å². The van der Waals surface area contributed by atoms with Gasteiger partial charge in [0.25, 0.3) is 0 Å². The van der Waals surface area contributed by atoms with Gasteiger partial charge in [-0.05, 0) is 67.5 Å². The molecule has 8 nitrogen and oxygen atoms in total.